The van der Waals surface area contributed by atoms with Crippen LogP contribution < -0.4 is 0 Å². The molecule has 0 rings (SSSR count). The fraction of sp³-hybridized carbons (Fsp3) is 0.787. The lowest BCUT2D eigenvalue weighted by Crippen LogP contribution is -2.30. The van der Waals surface area contributed by atoms with Crippen LogP contribution in [0.5, 0.6) is 0 Å². The lowest BCUT2D eigenvalue weighted by atomic mass is 10.0. The van der Waals surface area contributed by atoms with Crippen molar-refractivity contribution in [3.63, 3.8) is 0 Å². The molecule has 0 aliphatic rings. The summed E-state index contributed by atoms with van der Waals surface area (Å²) in [6, 6.07) is 0. The van der Waals surface area contributed by atoms with Crippen molar-refractivity contribution in [3.05, 3.63) is 60.8 Å². The Balaban J connectivity index is 4.43. The largest absolute Gasteiger partial charge is 0.462 e. The SMILES string of the molecule is CCCCCCC/C=C/C=C/C=C/CCCCCCCC(=O)OCC(COC(=O)CC/C=C/C/C=C/CCCCCCCC)OC(=O)CCCCCCCCCCCCCCCCCCCC. The Labute approximate surface area is 415 Å². The zero-order chi connectivity index (χ0) is 48.6. The van der Waals surface area contributed by atoms with Gasteiger partial charge in [-0.15, -0.1) is 0 Å². The molecule has 0 aromatic rings. The number of hydrogen-bond acceptors (Lipinski definition) is 6. The molecule has 0 saturated heterocycles. The van der Waals surface area contributed by atoms with Crippen molar-refractivity contribution in [1.82, 2.24) is 0 Å². The monoisotopic (exact) mass is 937 g/mol. The van der Waals surface area contributed by atoms with Gasteiger partial charge < -0.3 is 14.2 Å². The molecule has 0 aromatic carbocycles. The number of hydrogen-bond donors (Lipinski definition) is 0. The molecular formula is C61H108O6. The molecule has 0 aliphatic heterocycles. The summed E-state index contributed by atoms with van der Waals surface area (Å²) in [4.78, 5) is 38.1. The summed E-state index contributed by atoms with van der Waals surface area (Å²) in [6.07, 6.45) is 69.4. The van der Waals surface area contributed by atoms with Crippen LogP contribution in [0.4, 0.5) is 0 Å². The van der Waals surface area contributed by atoms with Crippen LogP contribution in [0.25, 0.3) is 0 Å². The third-order valence-electron chi connectivity index (χ3n) is 12.6. The van der Waals surface area contributed by atoms with E-state index < -0.39 is 6.10 Å². The molecule has 0 fully saturated rings. The van der Waals surface area contributed by atoms with Gasteiger partial charge in [0.1, 0.15) is 13.2 Å². The highest BCUT2D eigenvalue weighted by Crippen LogP contribution is 2.16. The minimum Gasteiger partial charge on any atom is -0.462 e. The average Bonchev–Trinajstić information content (AvgIpc) is 3.33. The maximum Gasteiger partial charge on any atom is 0.306 e. The quantitative estimate of drug-likeness (QED) is 0.0199. The highest BCUT2D eigenvalue weighted by atomic mass is 16.6. The van der Waals surface area contributed by atoms with E-state index in [1.54, 1.807) is 0 Å². The van der Waals surface area contributed by atoms with Gasteiger partial charge in [0.2, 0.25) is 0 Å². The first-order valence-corrected chi connectivity index (χ1v) is 28.8. The summed E-state index contributed by atoms with van der Waals surface area (Å²) in [5.74, 6) is -0.975. The van der Waals surface area contributed by atoms with E-state index in [4.69, 9.17) is 14.2 Å². The third kappa shape index (κ3) is 53.9. The first kappa shape index (κ1) is 64.1. The maximum absolute atomic E-state index is 12.8. The Morgan fingerprint density at radius 1 is 0.313 bits per heavy atom. The minimum absolute atomic E-state index is 0.0996. The first-order valence-electron chi connectivity index (χ1n) is 28.8. The van der Waals surface area contributed by atoms with Crippen molar-refractivity contribution in [2.75, 3.05) is 13.2 Å². The van der Waals surface area contributed by atoms with Gasteiger partial charge >= 0.3 is 17.9 Å². The molecule has 0 spiro atoms. The second kappa shape index (κ2) is 55.7. The summed E-state index contributed by atoms with van der Waals surface area (Å²) in [7, 11) is 0. The predicted molar refractivity (Wildman–Crippen MR) is 288 cm³/mol. The topological polar surface area (TPSA) is 78.9 Å². The van der Waals surface area contributed by atoms with Gasteiger partial charge in [0, 0.05) is 19.3 Å². The standard InChI is InChI=1S/C61H108O6/c1-4-7-10-13-16-19-22-25-27-29-31-33-36-39-42-45-48-51-54-60(63)66-57-58(56-65-59(62)53-50-47-44-41-38-35-24-21-18-15-12-9-6-3)67-61(64)55-52-49-46-43-40-37-34-32-30-28-26-23-20-17-14-11-8-5-2/h22,25,27,29,31,33,35,38,44,47,58H,4-21,23-24,26,28,30,32,34,36-37,39-43,45-46,48-57H2,1-3H3/b25-22+,29-27+,33-31+,38-35+,47-44+. The highest BCUT2D eigenvalue weighted by molar-refractivity contribution is 5.71. The Hall–Kier alpha value is -2.89. The molecule has 0 saturated carbocycles. The lowest BCUT2D eigenvalue weighted by molar-refractivity contribution is -0.166. The fourth-order valence-electron chi connectivity index (χ4n) is 8.20. The average molecular weight is 938 g/mol. The lowest BCUT2D eigenvalue weighted by Gasteiger charge is -2.18. The molecule has 1 atom stereocenters. The van der Waals surface area contributed by atoms with Crippen LogP contribution >= 0.6 is 0 Å². The van der Waals surface area contributed by atoms with Crippen LogP contribution in [0.15, 0.2) is 60.8 Å². The van der Waals surface area contributed by atoms with E-state index in [1.807, 2.05) is 6.08 Å². The van der Waals surface area contributed by atoms with E-state index in [1.165, 1.54) is 173 Å². The van der Waals surface area contributed by atoms with E-state index in [0.717, 1.165) is 70.6 Å². The Kier molecular flexibility index (Phi) is 53.3. The number of carbonyl (C=O) groups is 3. The summed E-state index contributed by atoms with van der Waals surface area (Å²) in [5, 5.41) is 0. The zero-order valence-corrected chi connectivity index (χ0v) is 44.4. The summed E-state index contributed by atoms with van der Waals surface area (Å²) < 4.78 is 16.8. The first-order chi connectivity index (χ1) is 33.0. The number of allylic oxidation sites excluding steroid dienone is 10. The van der Waals surface area contributed by atoms with E-state index in [9.17, 15) is 14.4 Å². The number of carbonyl (C=O) groups excluding carboxylic acids is 3. The molecule has 0 aliphatic carbocycles. The van der Waals surface area contributed by atoms with Gasteiger partial charge in [-0.2, -0.15) is 0 Å². The predicted octanol–water partition coefficient (Wildman–Crippen LogP) is 19.2. The van der Waals surface area contributed by atoms with Crippen LogP contribution in [0.3, 0.4) is 0 Å². The van der Waals surface area contributed by atoms with Gasteiger partial charge in [-0.05, 0) is 64.2 Å². The Morgan fingerprint density at radius 2 is 0.627 bits per heavy atom. The fourth-order valence-corrected chi connectivity index (χ4v) is 8.20. The maximum atomic E-state index is 12.8. The van der Waals surface area contributed by atoms with Gasteiger partial charge in [0.25, 0.3) is 0 Å². The van der Waals surface area contributed by atoms with E-state index >= 15 is 0 Å². The van der Waals surface area contributed by atoms with E-state index in [0.29, 0.717) is 19.3 Å². The van der Waals surface area contributed by atoms with Gasteiger partial charge in [0.15, 0.2) is 6.10 Å². The number of unbranched alkanes of at least 4 members (excludes halogenated alkanes) is 33. The van der Waals surface area contributed by atoms with Gasteiger partial charge in [-0.1, -0.05) is 268 Å². The van der Waals surface area contributed by atoms with Crippen molar-refractivity contribution >= 4 is 17.9 Å². The van der Waals surface area contributed by atoms with Crippen molar-refractivity contribution in [1.29, 1.82) is 0 Å². The second-order valence-electron chi connectivity index (χ2n) is 19.3. The van der Waals surface area contributed by atoms with Crippen LogP contribution in [0.1, 0.15) is 290 Å². The molecule has 0 aromatic heterocycles. The molecule has 6 heteroatoms. The van der Waals surface area contributed by atoms with Crippen molar-refractivity contribution in [2.45, 2.75) is 297 Å². The number of ether oxygens (including phenoxy) is 3. The zero-order valence-electron chi connectivity index (χ0n) is 44.4. The molecule has 0 N–H and O–H groups in total. The van der Waals surface area contributed by atoms with Crippen molar-refractivity contribution in [3.8, 4) is 0 Å². The molecular weight excluding hydrogens is 829 g/mol. The summed E-state index contributed by atoms with van der Waals surface area (Å²) in [6.45, 7) is 6.57. The van der Waals surface area contributed by atoms with Crippen LogP contribution in [-0.4, -0.2) is 37.2 Å². The van der Waals surface area contributed by atoms with Gasteiger partial charge in [-0.25, -0.2) is 0 Å². The molecule has 0 heterocycles. The van der Waals surface area contributed by atoms with E-state index in [-0.39, 0.29) is 37.5 Å². The summed E-state index contributed by atoms with van der Waals surface area (Å²) >= 11 is 0. The smallest absolute Gasteiger partial charge is 0.306 e. The Bertz CT molecular complexity index is 1210. The molecule has 67 heavy (non-hydrogen) atoms. The normalized spacial score (nSPS) is 12.5. The highest BCUT2D eigenvalue weighted by Gasteiger charge is 2.19. The molecule has 0 bridgehead atoms. The molecule has 6 nitrogen and oxygen atoms in total. The number of esters is 3. The summed E-state index contributed by atoms with van der Waals surface area (Å²) in [5.41, 5.74) is 0. The van der Waals surface area contributed by atoms with Gasteiger partial charge in [0.05, 0.1) is 0 Å². The molecule has 388 valence electrons. The van der Waals surface area contributed by atoms with Crippen LogP contribution in [0, 0.1) is 0 Å². The Morgan fingerprint density at radius 3 is 1.03 bits per heavy atom. The van der Waals surface area contributed by atoms with Gasteiger partial charge in [-0.3, -0.25) is 14.4 Å². The third-order valence-corrected chi connectivity index (χ3v) is 12.6. The molecule has 1 unspecified atom stereocenters. The van der Waals surface area contributed by atoms with E-state index in [2.05, 4.69) is 75.5 Å². The van der Waals surface area contributed by atoms with Crippen molar-refractivity contribution in [2.24, 2.45) is 0 Å². The minimum atomic E-state index is -0.803. The van der Waals surface area contributed by atoms with Crippen molar-refractivity contribution < 1.29 is 28.6 Å². The second-order valence-corrected chi connectivity index (χ2v) is 19.3. The molecule has 0 amide bonds. The molecule has 0 radical (unpaired) electrons. The van der Waals surface area contributed by atoms with Crippen LogP contribution in [-0.2, 0) is 28.6 Å². The number of rotatable bonds is 52. The van der Waals surface area contributed by atoms with Crippen LogP contribution in [0.2, 0.25) is 0 Å².